The largest absolute Gasteiger partial charge is 0.455 e. The number of furan rings is 1. The summed E-state index contributed by atoms with van der Waals surface area (Å²) in [4.78, 5) is 2.34. The quantitative estimate of drug-likeness (QED) is 0.153. The monoisotopic (exact) mass is 765 g/mol. The van der Waals surface area contributed by atoms with Crippen LogP contribution >= 0.6 is 0 Å². The average Bonchev–Trinajstić information content (AvgIpc) is 3.72. The van der Waals surface area contributed by atoms with Crippen LogP contribution in [0.15, 0.2) is 241 Å². The molecule has 11 rings (SSSR count). The zero-order valence-corrected chi connectivity index (χ0v) is 32.9. The third-order valence-electron chi connectivity index (χ3n) is 11.7. The molecule has 11 aromatic rings. The molecule has 2 heteroatoms. The summed E-state index contributed by atoms with van der Waals surface area (Å²) < 4.78 is 6.77. The van der Waals surface area contributed by atoms with Crippen molar-refractivity contribution in [3.63, 3.8) is 0 Å². The van der Waals surface area contributed by atoms with Crippen LogP contribution in [0.3, 0.4) is 0 Å². The summed E-state index contributed by atoms with van der Waals surface area (Å²) in [7, 11) is 0. The average molecular weight is 766 g/mol. The summed E-state index contributed by atoms with van der Waals surface area (Å²) >= 11 is 0. The van der Waals surface area contributed by atoms with Crippen molar-refractivity contribution >= 4 is 49.8 Å². The minimum Gasteiger partial charge on any atom is -0.455 e. The summed E-state index contributed by atoms with van der Waals surface area (Å²) in [6, 6.07) is 84.7. The number of para-hydroxylation sites is 2. The summed E-state index contributed by atoms with van der Waals surface area (Å²) in [6.45, 7) is 0. The molecule has 0 atom stereocenters. The van der Waals surface area contributed by atoms with Crippen molar-refractivity contribution < 1.29 is 4.42 Å². The lowest BCUT2D eigenvalue weighted by Crippen LogP contribution is -2.09. The standard InChI is InChI=1S/C58H39NO/c1-3-12-40(13-4-1)42-26-32-50(33-27-42)59(52-36-30-44(31-37-52)48-25-24-41-14-7-8-17-46(41)38-48)51-34-28-43(29-35-51)47-18-9-19-49(39-47)54-21-11-23-56-55-22-10-20-53(57(55)60-58(54)56)45-15-5-2-6-16-45/h1-39H. The smallest absolute Gasteiger partial charge is 0.143 e. The van der Waals surface area contributed by atoms with Crippen molar-refractivity contribution in [1.82, 2.24) is 0 Å². The molecule has 282 valence electrons. The number of hydrogen-bond acceptors (Lipinski definition) is 2. The van der Waals surface area contributed by atoms with E-state index in [4.69, 9.17) is 4.42 Å². The maximum Gasteiger partial charge on any atom is 0.143 e. The lowest BCUT2D eigenvalue weighted by atomic mass is 9.97. The van der Waals surface area contributed by atoms with Gasteiger partial charge in [-0.05, 0) is 104 Å². The molecule has 0 fully saturated rings. The fraction of sp³-hybridized carbons (Fsp3) is 0. The third-order valence-corrected chi connectivity index (χ3v) is 11.7. The predicted octanol–water partition coefficient (Wildman–Crippen LogP) is 16.5. The van der Waals surface area contributed by atoms with E-state index in [1.807, 2.05) is 6.07 Å². The molecule has 0 N–H and O–H groups in total. The number of fused-ring (bicyclic) bond motifs is 4. The van der Waals surface area contributed by atoms with Crippen LogP contribution in [0.2, 0.25) is 0 Å². The Morgan fingerprint density at radius 3 is 1.23 bits per heavy atom. The summed E-state index contributed by atoms with van der Waals surface area (Å²) in [5, 5.41) is 4.74. The first kappa shape index (κ1) is 35.2. The van der Waals surface area contributed by atoms with Crippen molar-refractivity contribution in [3.05, 3.63) is 237 Å². The molecule has 10 aromatic carbocycles. The molecule has 0 aliphatic heterocycles. The van der Waals surface area contributed by atoms with E-state index in [-0.39, 0.29) is 0 Å². The van der Waals surface area contributed by atoms with Crippen LogP contribution in [0.5, 0.6) is 0 Å². The molecule has 0 aliphatic rings. The van der Waals surface area contributed by atoms with Crippen LogP contribution in [0.25, 0.3) is 88.3 Å². The van der Waals surface area contributed by atoms with Crippen LogP contribution in [0.1, 0.15) is 0 Å². The van der Waals surface area contributed by atoms with Gasteiger partial charge in [-0.1, -0.05) is 188 Å². The van der Waals surface area contributed by atoms with Crippen LogP contribution < -0.4 is 4.90 Å². The molecule has 0 radical (unpaired) electrons. The van der Waals surface area contributed by atoms with E-state index >= 15 is 0 Å². The molecular weight excluding hydrogens is 727 g/mol. The van der Waals surface area contributed by atoms with E-state index in [9.17, 15) is 0 Å². The maximum absolute atomic E-state index is 6.77. The SMILES string of the molecule is c1ccc(-c2ccc(N(c3ccc(-c4cccc(-c5cccc6c5oc5c(-c7ccccc7)cccc56)c4)cc3)c3ccc(-c4ccc5ccccc5c4)cc3)cc2)cc1. The van der Waals surface area contributed by atoms with Crippen molar-refractivity contribution in [1.29, 1.82) is 0 Å². The summed E-state index contributed by atoms with van der Waals surface area (Å²) in [5.41, 5.74) is 16.6. The van der Waals surface area contributed by atoms with Gasteiger partial charge in [0.1, 0.15) is 11.2 Å². The van der Waals surface area contributed by atoms with E-state index in [1.165, 1.54) is 33.0 Å². The fourth-order valence-electron chi connectivity index (χ4n) is 8.61. The van der Waals surface area contributed by atoms with Gasteiger partial charge in [-0.3, -0.25) is 0 Å². The number of rotatable bonds is 8. The molecule has 0 spiro atoms. The minimum atomic E-state index is 0.906. The van der Waals surface area contributed by atoms with E-state index in [0.29, 0.717) is 0 Å². The Balaban J connectivity index is 0.944. The Bertz CT molecular complexity index is 3270. The van der Waals surface area contributed by atoms with Gasteiger partial charge < -0.3 is 9.32 Å². The van der Waals surface area contributed by atoms with Gasteiger partial charge in [-0.15, -0.1) is 0 Å². The van der Waals surface area contributed by atoms with Gasteiger partial charge in [-0.2, -0.15) is 0 Å². The predicted molar refractivity (Wildman–Crippen MR) is 253 cm³/mol. The van der Waals surface area contributed by atoms with Crippen molar-refractivity contribution in [2.75, 3.05) is 4.90 Å². The van der Waals surface area contributed by atoms with E-state index in [2.05, 4.69) is 235 Å². The van der Waals surface area contributed by atoms with Gasteiger partial charge in [0.15, 0.2) is 0 Å². The highest BCUT2D eigenvalue weighted by Gasteiger charge is 2.17. The number of anilines is 3. The lowest BCUT2D eigenvalue weighted by molar-refractivity contribution is 0.671. The highest BCUT2D eigenvalue weighted by Crippen LogP contribution is 2.42. The number of hydrogen-bond donors (Lipinski definition) is 0. The molecule has 2 nitrogen and oxygen atoms in total. The second-order valence-electron chi connectivity index (χ2n) is 15.3. The van der Waals surface area contributed by atoms with Crippen molar-refractivity contribution in [2.24, 2.45) is 0 Å². The van der Waals surface area contributed by atoms with Crippen LogP contribution in [-0.4, -0.2) is 0 Å². The maximum atomic E-state index is 6.77. The molecule has 1 heterocycles. The third kappa shape index (κ3) is 6.51. The van der Waals surface area contributed by atoms with Gasteiger partial charge in [0.2, 0.25) is 0 Å². The van der Waals surface area contributed by atoms with Crippen molar-refractivity contribution in [2.45, 2.75) is 0 Å². The topological polar surface area (TPSA) is 16.4 Å². The van der Waals surface area contributed by atoms with Gasteiger partial charge in [0.25, 0.3) is 0 Å². The molecule has 0 saturated carbocycles. The van der Waals surface area contributed by atoms with Gasteiger partial charge >= 0.3 is 0 Å². The van der Waals surface area contributed by atoms with Gasteiger partial charge in [0.05, 0.1) is 0 Å². The summed E-state index contributed by atoms with van der Waals surface area (Å²) in [5.74, 6) is 0. The van der Waals surface area contributed by atoms with Crippen LogP contribution in [0, 0.1) is 0 Å². The Kier molecular flexibility index (Phi) is 8.87. The first-order chi connectivity index (χ1) is 29.7. The fourth-order valence-corrected chi connectivity index (χ4v) is 8.61. The number of nitrogens with zero attached hydrogens (tertiary/aromatic N) is 1. The van der Waals surface area contributed by atoms with E-state index < -0.39 is 0 Å². The second-order valence-corrected chi connectivity index (χ2v) is 15.3. The number of benzene rings is 10. The Morgan fingerprint density at radius 2 is 0.650 bits per heavy atom. The Labute approximate surface area is 349 Å². The van der Waals surface area contributed by atoms with E-state index in [0.717, 1.165) is 72.4 Å². The zero-order valence-electron chi connectivity index (χ0n) is 32.9. The van der Waals surface area contributed by atoms with Crippen LogP contribution in [-0.2, 0) is 0 Å². The minimum absolute atomic E-state index is 0.906. The normalized spacial score (nSPS) is 11.3. The molecule has 0 unspecified atom stereocenters. The summed E-state index contributed by atoms with van der Waals surface area (Å²) in [6.07, 6.45) is 0. The molecular formula is C58H39NO. The highest BCUT2D eigenvalue weighted by atomic mass is 16.3. The molecule has 60 heavy (non-hydrogen) atoms. The first-order valence-electron chi connectivity index (χ1n) is 20.5. The second kappa shape index (κ2) is 15.1. The molecule has 0 amide bonds. The van der Waals surface area contributed by atoms with Gasteiger partial charge in [0, 0.05) is 39.0 Å². The zero-order chi connectivity index (χ0) is 39.8. The lowest BCUT2D eigenvalue weighted by Gasteiger charge is -2.26. The van der Waals surface area contributed by atoms with E-state index in [1.54, 1.807) is 0 Å². The highest BCUT2D eigenvalue weighted by molar-refractivity contribution is 6.13. The molecule has 0 bridgehead atoms. The Hall–Kier alpha value is -7.94. The molecule has 0 saturated heterocycles. The molecule has 0 aliphatic carbocycles. The van der Waals surface area contributed by atoms with Gasteiger partial charge in [-0.25, -0.2) is 0 Å². The Morgan fingerprint density at radius 1 is 0.250 bits per heavy atom. The first-order valence-corrected chi connectivity index (χ1v) is 20.5. The molecule has 1 aromatic heterocycles. The van der Waals surface area contributed by atoms with Crippen molar-refractivity contribution in [3.8, 4) is 55.6 Å². The van der Waals surface area contributed by atoms with Crippen LogP contribution in [0.4, 0.5) is 17.1 Å².